The molecule has 0 aromatic carbocycles. The Morgan fingerprint density at radius 1 is 1.47 bits per heavy atom. The molecule has 1 saturated carbocycles. The summed E-state index contributed by atoms with van der Waals surface area (Å²) in [6, 6.07) is 2.06. The minimum absolute atomic E-state index is 0.0278. The van der Waals surface area contributed by atoms with Gasteiger partial charge in [-0.3, -0.25) is 9.59 Å². The van der Waals surface area contributed by atoms with E-state index >= 15 is 0 Å². The zero-order valence-electron chi connectivity index (χ0n) is 8.77. The molecule has 2 fully saturated rings. The summed E-state index contributed by atoms with van der Waals surface area (Å²) in [6.45, 7) is 0.703. The van der Waals surface area contributed by atoms with E-state index in [1.54, 1.807) is 11.9 Å². The maximum atomic E-state index is 11.7. The molecule has 3 atom stereocenters. The summed E-state index contributed by atoms with van der Waals surface area (Å²) < 4.78 is 0. The number of rotatable bonds is 0. The molecule has 0 radical (unpaired) electrons. The number of carbonyl (C=O) groups is 2. The van der Waals surface area contributed by atoms with Crippen molar-refractivity contribution in [2.45, 2.75) is 19.3 Å². The van der Waals surface area contributed by atoms with Gasteiger partial charge in [-0.15, -0.1) is 0 Å². The van der Waals surface area contributed by atoms with Crippen LogP contribution in [0.3, 0.4) is 0 Å². The van der Waals surface area contributed by atoms with Gasteiger partial charge in [0.25, 0.3) is 0 Å². The van der Waals surface area contributed by atoms with Crippen molar-refractivity contribution in [1.82, 2.24) is 4.90 Å². The lowest BCUT2D eigenvalue weighted by Gasteiger charge is -2.41. The Morgan fingerprint density at radius 2 is 2.20 bits per heavy atom. The lowest BCUT2D eigenvalue weighted by molar-refractivity contribution is -0.142. The van der Waals surface area contributed by atoms with Crippen molar-refractivity contribution in [1.29, 1.82) is 5.26 Å². The number of nitriles is 1. The maximum Gasteiger partial charge on any atom is 0.239 e. The summed E-state index contributed by atoms with van der Waals surface area (Å²) in [5, 5.41) is 9.00. The molecule has 80 valence electrons. The third-order valence-electron chi connectivity index (χ3n) is 3.58. The maximum absolute atomic E-state index is 11.7. The van der Waals surface area contributed by atoms with Gasteiger partial charge in [0.15, 0.2) is 0 Å². The quantitative estimate of drug-likeness (QED) is 0.582. The second-order valence-electron chi connectivity index (χ2n) is 4.53. The lowest BCUT2D eigenvalue weighted by atomic mass is 9.69. The van der Waals surface area contributed by atoms with Gasteiger partial charge in [-0.25, -0.2) is 0 Å². The monoisotopic (exact) mass is 206 g/mol. The van der Waals surface area contributed by atoms with Gasteiger partial charge < -0.3 is 4.90 Å². The smallest absolute Gasteiger partial charge is 0.239 e. The summed E-state index contributed by atoms with van der Waals surface area (Å²) in [5.74, 6) is -0.199. The summed E-state index contributed by atoms with van der Waals surface area (Å²) in [5.41, 5.74) is 0. The van der Waals surface area contributed by atoms with Crippen molar-refractivity contribution in [3.05, 3.63) is 0 Å². The number of piperidine rings is 1. The van der Waals surface area contributed by atoms with E-state index in [-0.39, 0.29) is 17.6 Å². The molecule has 1 aliphatic carbocycles. The SMILES string of the molecule is CN1C[C@H]2CCC(=O)C[C@H]2C(C#N)C1=O. The fourth-order valence-electron chi connectivity index (χ4n) is 2.72. The van der Waals surface area contributed by atoms with Crippen molar-refractivity contribution in [2.75, 3.05) is 13.6 Å². The number of likely N-dealkylation sites (tertiary alicyclic amines) is 1. The average Bonchev–Trinajstić information content (AvgIpc) is 2.21. The topological polar surface area (TPSA) is 61.2 Å². The van der Waals surface area contributed by atoms with E-state index in [0.29, 0.717) is 25.3 Å². The van der Waals surface area contributed by atoms with Crippen LogP contribution in [-0.2, 0) is 9.59 Å². The summed E-state index contributed by atoms with van der Waals surface area (Å²) in [4.78, 5) is 24.7. The van der Waals surface area contributed by atoms with Gasteiger partial charge >= 0.3 is 0 Å². The number of amides is 1. The second kappa shape index (κ2) is 3.65. The molecule has 1 amide bonds. The lowest BCUT2D eigenvalue weighted by Crippen LogP contribution is -2.50. The Bertz CT molecular complexity index is 345. The predicted molar refractivity (Wildman–Crippen MR) is 52.6 cm³/mol. The molecule has 4 nitrogen and oxygen atoms in total. The number of nitrogens with zero attached hydrogens (tertiary/aromatic N) is 2. The molecule has 0 aromatic rings. The summed E-state index contributed by atoms with van der Waals surface area (Å²) in [6.07, 6.45) is 1.86. The van der Waals surface area contributed by atoms with Gasteiger partial charge in [-0.05, 0) is 18.3 Å². The molecule has 1 aliphatic heterocycles. The number of hydrogen-bond acceptors (Lipinski definition) is 3. The standard InChI is InChI=1S/C11H14N2O2/c1-13-6-7-2-3-8(14)4-9(7)10(5-12)11(13)15/h7,9-10H,2-4,6H2,1H3/t7-,9-,10?/m1/s1. The predicted octanol–water partition coefficient (Wildman–Crippen LogP) is 0.584. The van der Waals surface area contributed by atoms with Gasteiger partial charge in [0.1, 0.15) is 11.7 Å². The third-order valence-corrected chi connectivity index (χ3v) is 3.58. The largest absolute Gasteiger partial charge is 0.344 e. The molecule has 15 heavy (non-hydrogen) atoms. The number of hydrogen-bond donors (Lipinski definition) is 0. The van der Waals surface area contributed by atoms with Crippen LogP contribution < -0.4 is 0 Å². The minimum Gasteiger partial charge on any atom is -0.344 e. The molecule has 1 saturated heterocycles. The number of carbonyl (C=O) groups excluding carboxylic acids is 2. The van der Waals surface area contributed by atoms with E-state index < -0.39 is 5.92 Å². The number of fused-ring (bicyclic) bond motifs is 1. The van der Waals surface area contributed by atoms with Gasteiger partial charge in [0.05, 0.1) is 6.07 Å². The van der Waals surface area contributed by atoms with Crippen molar-refractivity contribution < 1.29 is 9.59 Å². The normalized spacial score (nSPS) is 36.0. The third kappa shape index (κ3) is 1.63. The molecule has 1 heterocycles. The first-order valence-electron chi connectivity index (χ1n) is 5.29. The molecule has 0 spiro atoms. The highest BCUT2D eigenvalue weighted by Crippen LogP contribution is 2.37. The molecular weight excluding hydrogens is 192 g/mol. The first-order valence-corrected chi connectivity index (χ1v) is 5.29. The minimum atomic E-state index is -0.599. The summed E-state index contributed by atoms with van der Waals surface area (Å²) >= 11 is 0. The highest BCUT2D eigenvalue weighted by molar-refractivity contribution is 5.85. The first kappa shape index (κ1) is 10.2. The van der Waals surface area contributed by atoms with E-state index in [9.17, 15) is 9.59 Å². The van der Waals surface area contributed by atoms with E-state index in [0.717, 1.165) is 6.42 Å². The Kier molecular flexibility index (Phi) is 2.47. The Labute approximate surface area is 88.9 Å². The van der Waals surface area contributed by atoms with Crippen LogP contribution in [0.1, 0.15) is 19.3 Å². The Hall–Kier alpha value is -1.37. The van der Waals surface area contributed by atoms with Gasteiger partial charge in [0, 0.05) is 26.4 Å². The van der Waals surface area contributed by atoms with E-state index in [2.05, 4.69) is 6.07 Å². The van der Waals surface area contributed by atoms with Crippen LogP contribution >= 0.6 is 0 Å². The highest BCUT2D eigenvalue weighted by atomic mass is 16.2. The van der Waals surface area contributed by atoms with Gasteiger partial charge in [-0.1, -0.05) is 0 Å². The molecule has 1 unspecified atom stereocenters. The van der Waals surface area contributed by atoms with Gasteiger partial charge in [-0.2, -0.15) is 5.26 Å². The number of Topliss-reactive ketones (excluding diaryl/α,β-unsaturated/α-hetero) is 1. The van der Waals surface area contributed by atoms with Crippen LogP contribution in [0, 0.1) is 29.1 Å². The molecule has 2 aliphatic rings. The van der Waals surface area contributed by atoms with Crippen molar-refractivity contribution in [3.8, 4) is 6.07 Å². The van der Waals surface area contributed by atoms with Crippen molar-refractivity contribution in [3.63, 3.8) is 0 Å². The molecular formula is C11H14N2O2. The van der Waals surface area contributed by atoms with Crippen LogP contribution in [0.25, 0.3) is 0 Å². The molecule has 0 aromatic heterocycles. The zero-order chi connectivity index (χ0) is 11.0. The van der Waals surface area contributed by atoms with Crippen molar-refractivity contribution >= 4 is 11.7 Å². The van der Waals surface area contributed by atoms with Crippen LogP contribution in [0.2, 0.25) is 0 Å². The molecule has 0 N–H and O–H groups in total. The van der Waals surface area contributed by atoms with Crippen molar-refractivity contribution in [2.24, 2.45) is 17.8 Å². The first-order chi connectivity index (χ1) is 7.13. The second-order valence-corrected chi connectivity index (χ2v) is 4.53. The van der Waals surface area contributed by atoms with Crippen LogP contribution in [0.15, 0.2) is 0 Å². The fraction of sp³-hybridized carbons (Fsp3) is 0.727. The summed E-state index contributed by atoms with van der Waals surface area (Å²) in [7, 11) is 1.74. The molecule has 2 rings (SSSR count). The van der Waals surface area contributed by atoms with Crippen LogP contribution in [0.5, 0.6) is 0 Å². The Morgan fingerprint density at radius 3 is 2.87 bits per heavy atom. The molecule has 0 bridgehead atoms. The van der Waals surface area contributed by atoms with Gasteiger partial charge in [0.2, 0.25) is 5.91 Å². The molecule has 4 heteroatoms. The van der Waals surface area contributed by atoms with Crippen LogP contribution in [-0.4, -0.2) is 30.2 Å². The zero-order valence-corrected chi connectivity index (χ0v) is 8.77. The average molecular weight is 206 g/mol. The Balaban J connectivity index is 2.23. The van der Waals surface area contributed by atoms with Crippen LogP contribution in [0.4, 0.5) is 0 Å². The number of ketones is 1. The van der Waals surface area contributed by atoms with E-state index in [1.165, 1.54) is 0 Å². The highest BCUT2D eigenvalue weighted by Gasteiger charge is 2.44. The van der Waals surface area contributed by atoms with E-state index in [4.69, 9.17) is 5.26 Å². The fourth-order valence-corrected chi connectivity index (χ4v) is 2.72. The van der Waals surface area contributed by atoms with E-state index in [1.807, 2.05) is 0 Å².